The number of ether oxygens (including phenoxy) is 1. The first-order chi connectivity index (χ1) is 12.2. The minimum Gasteiger partial charge on any atom is -0.493 e. The lowest BCUT2D eigenvalue weighted by Crippen LogP contribution is -2.25. The number of hydrogen-bond acceptors (Lipinski definition) is 2. The highest BCUT2D eigenvalue weighted by atomic mass is 16.5. The first-order valence-corrected chi connectivity index (χ1v) is 8.73. The molecule has 0 bridgehead atoms. The molecule has 130 valence electrons. The highest BCUT2D eigenvalue weighted by Gasteiger charge is 2.03. The summed E-state index contributed by atoms with van der Waals surface area (Å²) in [5, 5.41) is 4.19. The number of hydrogen-bond donors (Lipinski definition) is 2. The van der Waals surface area contributed by atoms with Gasteiger partial charge in [-0.05, 0) is 54.5 Å². The molecule has 0 fully saturated rings. The minimum atomic E-state index is 0.0781. The SMILES string of the molecule is Cc1ccccc1OCCCC(=O)NCCc1ccc2cc[nH]c2c1. The first-order valence-electron chi connectivity index (χ1n) is 8.73. The quantitative estimate of drug-likeness (QED) is 0.611. The normalized spacial score (nSPS) is 10.8. The zero-order valence-corrected chi connectivity index (χ0v) is 14.5. The van der Waals surface area contributed by atoms with E-state index in [1.54, 1.807) is 0 Å². The smallest absolute Gasteiger partial charge is 0.220 e. The van der Waals surface area contributed by atoms with E-state index < -0.39 is 0 Å². The molecule has 0 atom stereocenters. The van der Waals surface area contributed by atoms with Gasteiger partial charge in [-0.3, -0.25) is 4.79 Å². The number of para-hydroxylation sites is 1. The molecule has 1 amide bonds. The lowest BCUT2D eigenvalue weighted by molar-refractivity contribution is -0.121. The molecule has 4 nitrogen and oxygen atoms in total. The average molecular weight is 336 g/mol. The van der Waals surface area contributed by atoms with Gasteiger partial charge >= 0.3 is 0 Å². The molecule has 0 spiro atoms. The predicted molar refractivity (Wildman–Crippen MR) is 101 cm³/mol. The second-order valence-electron chi connectivity index (χ2n) is 6.22. The molecule has 1 aromatic heterocycles. The van der Waals surface area contributed by atoms with Crippen molar-refractivity contribution in [3.63, 3.8) is 0 Å². The van der Waals surface area contributed by atoms with Gasteiger partial charge in [0.15, 0.2) is 0 Å². The van der Waals surface area contributed by atoms with Crippen LogP contribution in [0.1, 0.15) is 24.0 Å². The van der Waals surface area contributed by atoms with Crippen molar-refractivity contribution < 1.29 is 9.53 Å². The van der Waals surface area contributed by atoms with Gasteiger partial charge in [-0.25, -0.2) is 0 Å². The Morgan fingerprint density at radius 2 is 2.04 bits per heavy atom. The molecule has 25 heavy (non-hydrogen) atoms. The second kappa shape index (κ2) is 8.38. The maximum Gasteiger partial charge on any atom is 0.220 e. The Balaban J connectivity index is 1.33. The zero-order chi connectivity index (χ0) is 17.5. The third kappa shape index (κ3) is 4.86. The summed E-state index contributed by atoms with van der Waals surface area (Å²) in [7, 11) is 0. The van der Waals surface area contributed by atoms with Gasteiger partial charge in [-0.15, -0.1) is 0 Å². The summed E-state index contributed by atoms with van der Waals surface area (Å²) in [6.45, 7) is 3.23. The molecule has 0 radical (unpaired) electrons. The van der Waals surface area contributed by atoms with Crippen LogP contribution in [0.25, 0.3) is 10.9 Å². The molecule has 0 aliphatic carbocycles. The number of carbonyl (C=O) groups is 1. The molecule has 0 saturated carbocycles. The number of carbonyl (C=O) groups excluding carboxylic acids is 1. The number of aromatic nitrogens is 1. The van der Waals surface area contributed by atoms with Crippen LogP contribution in [-0.2, 0) is 11.2 Å². The number of aryl methyl sites for hydroxylation is 1. The van der Waals surface area contributed by atoms with E-state index in [0.717, 1.165) is 23.3 Å². The molecule has 4 heteroatoms. The fourth-order valence-electron chi connectivity index (χ4n) is 2.82. The molecular formula is C21H24N2O2. The summed E-state index contributed by atoms with van der Waals surface area (Å²) in [6.07, 6.45) is 3.98. The maximum atomic E-state index is 11.9. The summed E-state index contributed by atoms with van der Waals surface area (Å²) < 4.78 is 5.71. The third-order valence-corrected chi connectivity index (χ3v) is 4.25. The van der Waals surface area contributed by atoms with Crippen LogP contribution in [0.4, 0.5) is 0 Å². The lowest BCUT2D eigenvalue weighted by Gasteiger charge is -2.09. The molecule has 0 aliphatic heterocycles. The fraction of sp³-hybridized carbons (Fsp3) is 0.286. The summed E-state index contributed by atoms with van der Waals surface area (Å²) in [4.78, 5) is 15.1. The molecule has 2 aromatic carbocycles. The minimum absolute atomic E-state index is 0.0781. The maximum absolute atomic E-state index is 11.9. The highest BCUT2D eigenvalue weighted by molar-refractivity contribution is 5.80. The Labute approximate surface area is 148 Å². The van der Waals surface area contributed by atoms with Crippen molar-refractivity contribution in [3.8, 4) is 5.75 Å². The number of rotatable bonds is 8. The summed E-state index contributed by atoms with van der Waals surface area (Å²) in [5.74, 6) is 0.969. The number of H-pyrrole nitrogens is 1. The molecule has 0 aliphatic rings. The molecule has 3 rings (SSSR count). The first kappa shape index (κ1) is 17.1. The summed E-state index contributed by atoms with van der Waals surface area (Å²) in [6, 6.07) is 16.3. The zero-order valence-electron chi connectivity index (χ0n) is 14.5. The van der Waals surface area contributed by atoms with Gasteiger partial charge in [0.1, 0.15) is 5.75 Å². The van der Waals surface area contributed by atoms with Crippen LogP contribution in [0, 0.1) is 6.92 Å². The van der Waals surface area contributed by atoms with Gasteiger partial charge in [-0.1, -0.05) is 30.3 Å². The van der Waals surface area contributed by atoms with Crippen LogP contribution < -0.4 is 10.1 Å². The van der Waals surface area contributed by atoms with Gasteiger partial charge in [0.25, 0.3) is 0 Å². The van der Waals surface area contributed by atoms with Crippen LogP contribution in [0.2, 0.25) is 0 Å². The topological polar surface area (TPSA) is 54.1 Å². The van der Waals surface area contributed by atoms with Crippen molar-refractivity contribution in [2.75, 3.05) is 13.2 Å². The van der Waals surface area contributed by atoms with E-state index in [2.05, 4.69) is 34.6 Å². The molecule has 0 saturated heterocycles. The van der Waals surface area contributed by atoms with Gasteiger partial charge < -0.3 is 15.0 Å². The highest BCUT2D eigenvalue weighted by Crippen LogP contribution is 2.16. The van der Waals surface area contributed by atoms with Crippen molar-refractivity contribution in [1.29, 1.82) is 0 Å². The Morgan fingerprint density at radius 3 is 2.92 bits per heavy atom. The summed E-state index contributed by atoms with van der Waals surface area (Å²) in [5.41, 5.74) is 3.47. The molecule has 2 N–H and O–H groups in total. The predicted octanol–water partition coefficient (Wildman–Crippen LogP) is 3.99. The van der Waals surface area contributed by atoms with Crippen LogP contribution in [0.3, 0.4) is 0 Å². The molecule has 3 aromatic rings. The van der Waals surface area contributed by atoms with Gasteiger partial charge in [0, 0.05) is 24.7 Å². The van der Waals surface area contributed by atoms with Crippen molar-refractivity contribution in [3.05, 3.63) is 65.9 Å². The monoisotopic (exact) mass is 336 g/mol. The largest absolute Gasteiger partial charge is 0.493 e. The second-order valence-corrected chi connectivity index (χ2v) is 6.22. The number of fused-ring (bicyclic) bond motifs is 1. The number of amides is 1. The Morgan fingerprint density at radius 1 is 1.16 bits per heavy atom. The number of benzene rings is 2. The van der Waals surface area contributed by atoms with E-state index >= 15 is 0 Å². The lowest BCUT2D eigenvalue weighted by atomic mass is 10.1. The standard InChI is InChI=1S/C21H24N2O2/c1-16-5-2-3-6-20(16)25-14-4-7-21(24)23-12-10-17-8-9-18-11-13-22-19(18)15-17/h2-3,5-6,8-9,11,13,15,22H,4,7,10,12,14H2,1H3,(H,23,24). The van der Waals surface area contributed by atoms with Crippen LogP contribution >= 0.6 is 0 Å². The van der Waals surface area contributed by atoms with E-state index in [9.17, 15) is 4.79 Å². The van der Waals surface area contributed by atoms with E-state index in [0.29, 0.717) is 26.0 Å². The van der Waals surface area contributed by atoms with E-state index in [1.807, 2.05) is 37.4 Å². The van der Waals surface area contributed by atoms with E-state index in [4.69, 9.17) is 4.74 Å². The van der Waals surface area contributed by atoms with Gasteiger partial charge in [0.05, 0.1) is 6.61 Å². The van der Waals surface area contributed by atoms with Gasteiger partial charge in [0.2, 0.25) is 5.91 Å². The van der Waals surface area contributed by atoms with Crippen molar-refractivity contribution in [2.45, 2.75) is 26.2 Å². The number of aromatic amines is 1. The van der Waals surface area contributed by atoms with Gasteiger partial charge in [-0.2, -0.15) is 0 Å². The molecule has 1 heterocycles. The third-order valence-electron chi connectivity index (χ3n) is 4.25. The Hall–Kier alpha value is -2.75. The number of nitrogens with one attached hydrogen (secondary N) is 2. The van der Waals surface area contributed by atoms with Crippen molar-refractivity contribution in [2.24, 2.45) is 0 Å². The van der Waals surface area contributed by atoms with E-state index in [1.165, 1.54) is 10.9 Å². The fourth-order valence-corrected chi connectivity index (χ4v) is 2.82. The summed E-state index contributed by atoms with van der Waals surface area (Å²) >= 11 is 0. The van der Waals surface area contributed by atoms with Crippen LogP contribution in [0.5, 0.6) is 5.75 Å². The van der Waals surface area contributed by atoms with Crippen molar-refractivity contribution >= 4 is 16.8 Å². The van der Waals surface area contributed by atoms with Crippen LogP contribution in [-0.4, -0.2) is 24.0 Å². The van der Waals surface area contributed by atoms with Crippen LogP contribution in [0.15, 0.2) is 54.7 Å². The average Bonchev–Trinajstić information content (AvgIpc) is 3.08. The molecular weight excluding hydrogens is 312 g/mol. The Bertz CT molecular complexity index is 839. The Kier molecular flexibility index (Phi) is 5.73. The van der Waals surface area contributed by atoms with E-state index in [-0.39, 0.29) is 5.91 Å². The molecule has 0 unspecified atom stereocenters. The van der Waals surface area contributed by atoms with Crippen molar-refractivity contribution in [1.82, 2.24) is 10.3 Å².